The Morgan fingerprint density at radius 1 is 1.32 bits per heavy atom. The lowest BCUT2D eigenvalue weighted by Crippen LogP contribution is -2.09. The molecule has 0 saturated carbocycles. The van der Waals surface area contributed by atoms with Crippen LogP contribution in [0.3, 0.4) is 0 Å². The van der Waals surface area contributed by atoms with E-state index >= 15 is 0 Å². The van der Waals surface area contributed by atoms with Crippen LogP contribution in [-0.2, 0) is 0 Å². The van der Waals surface area contributed by atoms with Crippen molar-refractivity contribution >= 4 is 17.6 Å². The molecule has 0 amide bonds. The van der Waals surface area contributed by atoms with Crippen LogP contribution in [0.25, 0.3) is 0 Å². The normalized spacial score (nSPS) is 10.7. The molecule has 2 heterocycles. The highest BCUT2D eigenvalue weighted by atomic mass is 16.5. The standard InChI is InChI=1S/C12H18N6O/c1-8(2)4-5-13-12-16-11(7-14-17-12)15-10-6-9(3)19-18-10/h6-8H,4-5H2,1-3H3,(H2,13,15,16,17,18). The molecule has 2 rings (SSSR count). The number of rotatable bonds is 6. The van der Waals surface area contributed by atoms with Gasteiger partial charge in [-0.05, 0) is 19.3 Å². The van der Waals surface area contributed by atoms with Gasteiger partial charge in [-0.2, -0.15) is 10.1 Å². The van der Waals surface area contributed by atoms with Crippen molar-refractivity contribution in [2.24, 2.45) is 5.92 Å². The van der Waals surface area contributed by atoms with Gasteiger partial charge in [-0.25, -0.2) is 0 Å². The van der Waals surface area contributed by atoms with Gasteiger partial charge < -0.3 is 15.2 Å². The van der Waals surface area contributed by atoms with Gasteiger partial charge in [0.15, 0.2) is 11.6 Å². The topological polar surface area (TPSA) is 88.8 Å². The Morgan fingerprint density at radius 2 is 2.16 bits per heavy atom. The second kappa shape index (κ2) is 6.12. The SMILES string of the molecule is Cc1cc(Nc2cnnc(NCCC(C)C)n2)no1. The molecule has 7 heteroatoms. The van der Waals surface area contributed by atoms with Crippen LogP contribution in [0.5, 0.6) is 0 Å². The molecule has 2 N–H and O–H groups in total. The summed E-state index contributed by atoms with van der Waals surface area (Å²) in [6.45, 7) is 7.00. The van der Waals surface area contributed by atoms with Gasteiger partial charge in [-0.3, -0.25) is 0 Å². The molecule has 0 fully saturated rings. The number of hydrogen-bond donors (Lipinski definition) is 2. The fourth-order valence-electron chi connectivity index (χ4n) is 1.47. The molecule has 0 spiro atoms. The molecule has 102 valence electrons. The first-order chi connectivity index (χ1) is 9.13. The predicted octanol–water partition coefficient (Wildman–Crippen LogP) is 2.37. The molecule has 19 heavy (non-hydrogen) atoms. The highest BCUT2D eigenvalue weighted by molar-refractivity contribution is 5.51. The molecule has 0 aliphatic carbocycles. The molecule has 0 aliphatic rings. The molecular weight excluding hydrogens is 244 g/mol. The second-order valence-corrected chi connectivity index (χ2v) is 4.72. The summed E-state index contributed by atoms with van der Waals surface area (Å²) in [5.74, 6) is 3.06. The average Bonchev–Trinajstić information content (AvgIpc) is 2.75. The van der Waals surface area contributed by atoms with Gasteiger partial charge in [-0.15, -0.1) is 5.10 Å². The maximum absolute atomic E-state index is 4.97. The summed E-state index contributed by atoms with van der Waals surface area (Å²) in [6.07, 6.45) is 2.60. The minimum absolute atomic E-state index is 0.505. The van der Waals surface area contributed by atoms with Crippen LogP contribution >= 0.6 is 0 Å². The van der Waals surface area contributed by atoms with Crippen LogP contribution in [0.4, 0.5) is 17.6 Å². The van der Waals surface area contributed by atoms with E-state index < -0.39 is 0 Å². The highest BCUT2D eigenvalue weighted by Crippen LogP contribution is 2.13. The minimum atomic E-state index is 0.505. The van der Waals surface area contributed by atoms with E-state index in [-0.39, 0.29) is 0 Å². The van der Waals surface area contributed by atoms with Gasteiger partial charge in [0.05, 0.1) is 6.20 Å². The molecule has 2 aromatic heterocycles. The Kier molecular flexibility index (Phi) is 4.27. The predicted molar refractivity (Wildman–Crippen MR) is 72.3 cm³/mol. The van der Waals surface area contributed by atoms with Crippen LogP contribution < -0.4 is 10.6 Å². The lowest BCUT2D eigenvalue weighted by Gasteiger charge is -2.07. The van der Waals surface area contributed by atoms with Gasteiger partial charge in [0.2, 0.25) is 5.95 Å². The number of nitrogens with one attached hydrogen (secondary N) is 2. The third-order valence-electron chi connectivity index (χ3n) is 2.45. The summed E-state index contributed by atoms with van der Waals surface area (Å²) in [7, 11) is 0. The van der Waals surface area contributed by atoms with Gasteiger partial charge in [0.25, 0.3) is 0 Å². The highest BCUT2D eigenvalue weighted by Gasteiger charge is 2.04. The molecule has 0 radical (unpaired) electrons. The third-order valence-corrected chi connectivity index (χ3v) is 2.45. The fraction of sp³-hybridized carbons (Fsp3) is 0.500. The zero-order valence-electron chi connectivity index (χ0n) is 11.3. The zero-order chi connectivity index (χ0) is 13.7. The number of aromatic nitrogens is 4. The van der Waals surface area contributed by atoms with Crippen molar-refractivity contribution in [2.75, 3.05) is 17.2 Å². The number of anilines is 3. The quantitative estimate of drug-likeness (QED) is 0.826. The second-order valence-electron chi connectivity index (χ2n) is 4.72. The molecule has 0 unspecified atom stereocenters. The van der Waals surface area contributed by atoms with Crippen LogP contribution in [0, 0.1) is 12.8 Å². The van der Waals surface area contributed by atoms with Gasteiger partial charge in [-0.1, -0.05) is 19.0 Å². The van der Waals surface area contributed by atoms with Crippen molar-refractivity contribution in [1.82, 2.24) is 20.3 Å². The van der Waals surface area contributed by atoms with E-state index in [1.54, 1.807) is 6.07 Å². The first-order valence-electron chi connectivity index (χ1n) is 6.27. The maximum Gasteiger partial charge on any atom is 0.244 e. The van der Waals surface area contributed by atoms with Gasteiger partial charge in [0, 0.05) is 12.6 Å². The Morgan fingerprint density at radius 3 is 2.84 bits per heavy atom. The minimum Gasteiger partial charge on any atom is -0.360 e. The van der Waals surface area contributed by atoms with E-state index in [1.807, 2.05) is 6.92 Å². The number of aryl methyl sites for hydroxylation is 1. The van der Waals surface area contributed by atoms with Crippen LogP contribution in [0.2, 0.25) is 0 Å². The van der Waals surface area contributed by atoms with E-state index in [2.05, 4.69) is 44.8 Å². The van der Waals surface area contributed by atoms with Crippen LogP contribution in [0.15, 0.2) is 16.8 Å². The van der Waals surface area contributed by atoms with E-state index in [9.17, 15) is 0 Å². The van der Waals surface area contributed by atoms with E-state index in [4.69, 9.17) is 4.52 Å². The molecule has 0 atom stereocenters. The van der Waals surface area contributed by atoms with Crippen molar-refractivity contribution in [3.8, 4) is 0 Å². The summed E-state index contributed by atoms with van der Waals surface area (Å²) < 4.78 is 4.97. The van der Waals surface area contributed by atoms with E-state index in [0.29, 0.717) is 23.5 Å². The van der Waals surface area contributed by atoms with E-state index in [0.717, 1.165) is 18.7 Å². The van der Waals surface area contributed by atoms with Crippen molar-refractivity contribution < 1.29 is 4.52 Å². The maximum atomic E-state index is 4.97. The van der Waals surface area contributed by atoms with Crippen molar-refractivity contribution in [3.05, 3.63) is 18.0 Å². The third kappa shape index (κ3) is 4.20. The Bertz CT molecular complexity index is 524. The smallest absolute Gasteiger partial charge is 0.244 e. The van der Waals surface area contributed by atoms with Crippen molar-refractivity contribution in [2.45, 2.75) is 27.2 Å². The van der Waals surface area contributed by atoms with Crippen LogP contribution in [0.1, 0.15) is 26.0 Å². The first kappa shape index (κ1) is 13.3. The number of nitrogens with zero attached hydrogens (tertiary/aromatic N) is 4. The lowest BCUT2D eigenvalue weighted by atomic mass is 10.1. The summed E-state index contributed by atoms with van der Waals surface area (Å²) in [6, 6.07) is 1.79. The van der Waals surface area contributed by atoms with Crippen molar-refractivity contribution in [3.63, 3.8) is 0 Å². The lowest BCUT2D eigenvalue weighted by molar-refractivity contribution is 0.400. The molecule has 0 saturated heterocycles. The molecule has 0 bridgehead atoms. The molecule has 7 nitrogen and oxygen atoms in total. The zero-order valence-corrected chi connectivity index (χ0v) is 11.3. The summed E-state index contributed by atoms with van der Waals surface area (Å²) in [5.41, 5.74) is 0. The average molecular weight is 262 g/mol. The van der Waals surface area contributed by atoms with Gasteiger partial charge >= 0.3 is 0 Å². The molecular formula is C12H18N6O. The van der Waals surface area contributed by atoms with Gasteiger partial charge in [0.1, 0.15) is 5.76 Å². The fourth-order valence-corrected chi connectivity index (χ4v) is 1.47. The largest absolute Gasteiger partial charge is 0.360 e. The summed E-state index contributed by atoms with van der Waals surface area (Å²) >= 11 is 0. The Balaban J connectivity index is 1.95. The molecule has 0 aromatic carbocycles. The molecule has 0 aliphatic heterocycles. The van der Waals surface area contributed by atoms with Crippen molar-refractivity contribution in [1.29, 1.82) is 0 Å². The summed E-state index contributed by atoms with van der Waals surface area (Å²) in [5, 5.41) is 17.8. The summed E-state index contributed by atoms with van der Waals surface area (Å²) in [4.78, 5) is 4.30. The monoisotopic (exact) mass is 262 g/mol. The van der Waals surface area contributed by atoms with Crippen LogP contribution in [-0.4, -0.2) is 26.9 Å². The Labute approximate surface area is 111 Å². The first-order valence-corrected chi connectivity index (χ1v) is 6.27. The Hall–Kier alpha value is -2.18. The number of hydrogen-bond acceptors (Lipinski definition) is 7. The molecule has 2 aromatic rings. The van der Waals surface area contributed by atoms with E-state index in [1.165, 1.54) is 6.20 Å².